The molecule has 0 atom stereocenters. The highest BCUT2D eigenvalue weighted by Crippen LogP contribution is 2.31. The Bertz CT molecular complexity index is 1220. The molecule has 3 rings (SSSR count). The minimum Gasteiger partial charge on any atom is -0.497 e. The van der Waals surface area contributed by atoms with Gasteiger partial charge >= 0.3 is 0 Å². The molecule has 33 heavy (non-hydrogen) atoms. The van der Waals surface area contributed by atoms with Crippen LogP contribution < -0.4 is 19.1 Å². The first kappa shape index (κ1) is 24.1. The average molecular weight is 469 g/mol. The van der Waals surface area contributed by atoms with Gasteiger partial charge in [0, 0.05) is 11.8 Å². The summed E-state index contributed by atoms with van der Waals surface area (Å²) in [6, 6.07) is 18.9. The fourth-order valence-corrected chi connectivity index (χ4v) is 5.01. The van der Waals surface area contributed by atoms with E-state index in [4.69, 9.17) is 9.47 Å². The van der Waals surface area contributed by atoms with Gasteiger partial charge < -0.3 is 14.8 Å². The van der Waals surface area contributed by atoms with Crippen molar-refractivity contribution in [2.75, 3.05) is 30.4 Å². The monoisotopic (exact) mass is 468 g/mol. The van der Waals surface area contributed by atoms with Crippen LogP contribution in [0.1, 0.15) is 18.1 Å². The molecule has 0 aliphatic carbocycles. The second-order valence-electron chi connectivity index (χ2n) is 7.47. The summed E-state index contributed by atoms with van der Waals surface area (Å²) in [5, 5.41) is 2.75. The first-order valence-electron chi connectivity index (χ1n) is 10.5. The summed E-state index contributed by atoms with van der Waals surface area (Å²) in [6.07, 6.45) is 0.815. The van der Waals surface area contributed by atoms with Crippen molar-refractivity contribution in [2.24, 2.45) is 0 Å². The van der Waals surface area contributed by atoms with E-state index in [1.165, 1.54) is 14.2 Å². The Morgan fingerprint density at radius 2 is 1.70 bits per heavy atom. The van der Waals surface area contributed by atoms with Gasteiger partial charge in [-0.05, 0) is 60.9 Å². The number of nitrogens with zero attached hydrogens (tertiary/aromatic N) is 1. The zero-order valence-electron chi connectivity index (χ0n) is 19.2. The third kappa shape index (κ3) is 5.64. The molecular formula is C25H28N2O5S. The van der Waals surface area contributed by atoms with Crippen LogP contribution in [0.5, 0.6) is 11.5 Å². The maximum absolute atomic E-state index is 13.8. The second kappa shape index (κ2) is 10.4. The molecule has 7 nitrogen and oxygen atoms in total. The number of anilines is 2. The minimum atomic E-state index is -4.12. The number of benzene rings is 3. The van der Waals surface area contributed by atoms with Gasteiger partial charge in [0.15, 0.2) is 0 Å². The summed E-state index contributed by atoms with van der Waals surface area (Å²) in [7, 11) is -1.17. The van der Waals surface area contributed by atoms with Gasteiger partial charge in [-0.2, -0.15) is 0 Å². The van der Waals surface area contributed by atoms with E-state index in [1.807, 2.05) is 19.1 Å². The Morgan fingerprint density at radius 1 is 0.970 bits per heavy atom. The number of ether oxygens (including phenoxy) is 2. The largest absolute Gasteiger partial charge is 0.497 e. The van der Waals surface area contributed by atoms with Crippen molar-refractivity contribution < 1.29 is 22.7 Å². The molecule has 0 heterocycles. The van der Waals surface area contributed by atoms with Crippen molar-refractivity contribution in [2.45, 2.75) is 25.2 Å². The molecule has 0 radical (unpaired) electrons. The number of aryl methyl sites for hydroxylation is 2. The molecule has 0 saturated carbocycles. The summed E-state index contributed by atoms with van der Waals surface area (Å²) in [5.41, 5.74) is 2.71. The van der Waals surface area contributed by atoms with Crippen LogP contribution in [-0.2, 0) is 21.2 Å². The fourth-order valence-electron chi connectivity index (χ4n) is 3.35. The van der Waals surface area contributed by atoms with E-state index in [0.717, 1.165) is 21.9 Å². The highest BCUT2D eigenvalue weighted by atomic mass is 32.2. The van der Waals surface area contributed by atoms with Crippen LogP contribution in [0.15, 0.2) is 71.6 Å². The van der Waals surface area contributed by atoms with Crippen molar-refractivity contribution in [3.63, 3.8) is 0 Å². The third-order valence-corrected chi connectivity index (χ3v) is 6.96. The minimum absolute atomic E-state index is 0.00116. The molecule has 0 aliphatic rings. The summed E-state index contributed by atoms with van der Waals surface area (Å²) in [6.45, 7) is 3.40. The molecule has 3 aromatic carbocycles. The van der Waals surface area contributed by atoms with E-state index >= 15 is 0 Å². The standard InChI is InChI=1S/C25H28N2O5S/c1-5-19-10-12-21(13-11-19)27(17-25(28)26-20-7-6-8-22(16-20)31-3)33(29,30)24-15-18(2)9-14-23(24)32-4/h6-16H,5,17H2,1-4H3,(H,26,28). The predicted molar refractivity (Wildman–Crippen MR) is 130 cm³/mol. The van der Waals surface area contributed by atoms with Crippen LogP contribution in [0, 0.1) is 6.92 Å². The molecule has 0 fully saturated rings. The molecule has 1 amide bonds. The van der Waals surface area contributed by atoms with Crippen molar-refractivity contribution in [3.8, 4) is 11.5 Å². The number of carbonyl (C=O) groups excluding carboxylic acids is 1. The van der Waals surface area contributed by atoms with Gasteiger partial charge in [-0.15, -0.1) is 0 Å². The number of nitrogens with one attached hydrogen (secondary N) is 1. The van der Waals surface area contributed by atoms with Crippen molar-refractivity contribution in [1.82, 2.24) is 0 Å². The quantitative estimate of drug-likeness (QED) is 0.503. The number of amides is 1. The lowest BCUT2D eigenvalue weighted by Crippen LogP contribution is -2.38. The van der Waals surface area contributed by atoms with Gasteiger partial charge in [-0.1, -0.05) is 31.2 Å². The average Bonchev–Trinajstić information content (AvgIpc) is 2.82. The molecule has 0 aliphatic heterocycles. The molecule has 0 unspecified atom stereocenters. The van der Waals surface area contributed by atoms with Crippen molar-refractivity contribution >= 4 is 27.3 Å². The van der Waals surface area contributed by atoms with Gasteiger partial charge in [0.05, 0.1) is 19.9 Å². The van der Waals surface area contributed by atoms with E-state index in [-0.39, 0.29) is 10.6 Å². The number of rotatable bonds is 9. The lowest BCUT2D eigenvalue weighted by Gasteiger charge is -2.25. The predicted octanol–water partition coefficient (Wildman–Crippen LogP) is 4.41. The molecule has 0 saturated heterocycles. The van der Waals surface area contributed by atoms with E-state index in [1.54, 1.807) is 61.5 Å². The van der Waals surface area contributed by atoms with Crippen LogP contribution in [0.25, 0.3) is 0 Å². The Kier molecular flexibility index (Phi) is 7.60. The molecule has 0 aromatic heterocycles. The van der Waals surface area contributed by atoms with E-state index in [2.05, 4.69) is 5.32 Å². The molecule has 1 N–H and O–H groups in total. The lowest BCUT2D eigenvalue weighted by atomic mass is 10.1. The lowest BCUT2D eigenvalue weighted by molar-refractivity contribution is -0.114. The van der Waals surface area contributed by atoms with Gasteiger partial charge in [-0.3, -0.25) is 9.10 Å². The number of sulfonamides is 1. The number of carbonyl (C=O) groups is 1. The summed E-state index contributed by atoms with van der Waals surface area (Å²) >= 11 is 0. The molecule has 3 aromatic rings. The summed E-state index contributed by atoms with van der Waals surface area (Å²) < 4.78 is 39.1. The third-order valence-electron chi connectivity index (χ3n) is 5.16. The first-order valence-corrected chi connectivity index (χ1v) is 11.9. The second-order valence-corrected chi connectivity index (χ2v) is 9.30. The number of methoxy groups -OCH3 is 2. The number of hydrogen-bond donors (Lipinski definition) is 1. The highest BCUT2D eigenvalue weighted by molar-refractivity contribution is 7.93. The smallest absolute Gasteiger partial charge is 0.268 e. The van der Waals surface area contributed by atoms with Crippen LogP contribution in [0.4, 0.5) is 11.4 Å². The Morgan fingerprint density at radius 3 is 2.33 bits per heavy atom. The highest BCUT2D eigenvalue weighted by Gasteiger charge is 2.30. The molecule has 0 bridgehead atoms. The van der Waals surface area contributed by atoms with Crippen LogP contribution in [0.2, 0.25) is 0 Å². The van der Waals surface area contributed by atoms with Gasteiger partial charge in [0.25, 0.3) is 10.0 Å². The van der Waals surface area contributed by atoms with E-state index in [0.29, 0.717) is 17.1 Å². The summed E-state index contributed by atoms with van der Waals surface area (Å²) in [4.78, 5) is 12.9. The van der Waals surface area contributed by atoms with Crippen molar-refractivity contribution in [1.29, 1.82) is 0 Å². The summed E-state index contributed by atoms with van der Waals surface area (Å²) in [5.74, 6) is 0.305. The Hall–Kier alpha value is -3.52. The maximum atomic E-state index is 13.8. The van der Waals surface area contributed by atoms with Gasteiger partial charge in [0.1, 0.15) is 22.9 Å². The maximum Gasteiger partial charge on any atom is 0.268 e. The zero-order valence-corrected chi connectivity index (χ0v) is 20.0. The van der Waals surface area contributed by atoms with E-state index < -0.39 is 22.5 Å². The van der Waals surface area contributed by atoms with Crippen LogP contribution in [-0.4, -0.2) is 35.1 Å². The SMILES string of the molecule is CCc1ccc(N(CC(=O)Nc2cccc(OC)c2)S(=O)(=O)c2cc(C)ccc2OC)cc1. The first-order chi connectivity index (χ1) is 15.8. The van der Waals surface area contributed by atoms with E-state index in [9.17, 15) is 13.2 Å². The molecule has 174 valence electrons. The van der Waals surface area contributed by atoms with Crippen LogP contribution >= 0.6 is 0 Å². The Balaban J connectivity index is 2.00. The Labute approximate surface area is 195 Å². The molecular weight excluding hydrogens is 440 g/mol. The fraction of sp³-hybridized carbons (Fsp3) is 0.240. The van der Waals surface area contributed by atoms with Crippen LogP contribution in [0.3, 0.4) is 0 Å². The van der Waals surface area contributed by atoms with Gasteiger partial charge in [0.2, 0.25) is 5.91 Å². The molecule has 8 heteroatoms. The zero-order chi connectivity index (χ0) is 24.0. The number of hydrogen-bond acceptors (Lipinski definition) is 5. The van der Waals surface area contributed by atoms with Crippen molar-refractivity contribution in [3.05, 3.63) is 77.9 Å². The topological polar surface area (TPSA) is 84.9 Å². The van der Waals surface area contributed by atoms with Gasteiger partial charge in [-0.25, -0.2) is 8.42 Å². The molecule has 0 spiro atoms. The normalized spacial score (nSPS) is 11.0.